The molecule has 1 aromatic carbocycles. The lowest BCUT2D eigenvalue weighted by Gasteiger charge is -2.35. The third-order valence-electron chi connectivity index (χ3n) is 4.53. The summed E-state index contributed by atoms with van der Waals surface area (Å²) in [6, 6.07) is 7.39. The fourth-order valence-corrected chi connectivity index (χ4v) is 4.96. The van der Waals surface area contributed by atoms with Crippen molar-refractivity contribution in [3.05, 3.63) is 29.8 Å². The Morgan fingerprint density at radius 2 is 1.90 bits per heavy atom. The Kier molecular flexibility index (Phi) is 5.41. The van der Waals surface area contributed by atoms with Gasteiger partial charge in [-0.15, -0.1) is 0 Å². The Morgan fingerprint density at radius 1 is 1.24 bits per heavy atom. The molecule has 5 heteroatoms. The van der Waals surface area contributed by atoms with E-state index in [-0.39, 0.29) is 6.04 Å². The maximum absolute atomic E-state index is 13.0. The number of nitrogens with one attached hydrogen (secondary N) is 1. The van der Waals surface area contributed by atoms with Crippen LogP contribution in [0.2, 0.25) is 0 Å². The predicted molar refractivity (Wildman–Crippen MR) is 85.6 cm³/mol. The molecule has 2 unspecified atom stereocenters. The minimum Gasteiger partial charge on any atom is -0.316 e. The lowest BCUT2D eigenvalue weighted by Crippen LogP contribution is -2.42. The summed E-state index contributed by atoms with van der Waals surface area (Å²) in [7, 11) is 0.133. The number of hydrogen-bond donors (Lipinski definition) is 1. The predicted octanol–water partition coefficient (Wildman–Crippen LogP) is 2.61. The molecule has 1 fully saturated rings. The lowest BCUT2D eigenvalue weighted by molar-refractivity contribution is 0.213. The topological polar surface area (TPSA) is 49.4 Å². The second-order valence-electron chi connectivity index (χ2n) is 5.99. The molecule has 0 amide bonds. The van der Waals surface area contributed by atoms with Crippen molar-refractivity contribution < 1.29 is 8.42 Å². The van der Waals surface area contributed by atoms with E-state index in [0.717, 1.165) is 24.8 Å². The molecule has 0 aliphatic heterocycles. The minimum absolute atomic E-state index is 0.117. The van der Waals surface area contributed by atoms with Gasteiger partial charge in [-0.3, -0.25) is 0 Å². The first-order valence-corrected chi connectivity index (χ1v) is 9.13. The highest BCUT2D eigenvalue weighted by atomic mass is 32.2. The molecule has 0 aromatic heterocycles. The maximum Gasteiger partial charge on any atom is 0.243 e. The molecule has 0 bridgehead atoms. The number of hydrogen-bond acceptors (Lipinski definition) is 3. The number of benzene rings is 1. The fourth-order valence-electron chi connectivity index (χ4n) is 3.26. The van der Waals surface area contributed by atoms with Crippen molar-refractivity contribution in [1.29, 1.82) is 0 Å². The molecule has 118 valence electrons. The largest absolute Gasteiger partial charge is 0.316 e. The van der Waals surface area contributed by atoms with Crippen molar-refractivity contribution >= 4 is 10.0 Å². The molecular weight excluding hydrogens is 284 g/mol. The number of sulfonamides is 1. The van der Waals surface area contributed by atoms with Crippen molar-refractivity contribution in [2.24, 2.45) is 5.92 Å². The highest BCUT2D eigenvalue weighted by molar-refractivity contribution is 7.89. The molecule has 1 saturated carbocycles. The van der Waals surface area contributed by atoms with Crippen LogP contribution >= 0.6 is 0 Å². The van der Waals surface area contributed by atoms with Crippen LogP contribution < -0.4 is 5.32 Å². The molecule has 0 saturated heterocycles. The monoisotopic (exact) mass is 310 g/mol. The minimum atomic E-state index is -3.43. The van der Waals surface area contributed by atoms with Crippen LogP contribution in [0.5, 0.6) is 0 Å². The fraction of sp³-hybridized carbons (Fsp3) is 0.625. The summed E-state index contributed by atoms with van der Waals surface area (Å²) >= 11 is 0. The van der Waals surface area contributed by atoms with E-state index in [1.807, 2.05) is 19.2 Å². The molecule has 1 aliphatic carbocycles. The molecule has 0 heterocycles. The second kappa shape index (κ2) is 6.90. The Morgan fingerprint density at radius 3 is 2.57 bits per heavy atom. The first-order valence-electron chi connectivity index (χ1n) is 7.69. The van der Waals surface area contributed by atoms with Gasteiger partial charge in [0.2, 0.25) is 10.0 Å². The highest BCUT2D eigenvalue weighted by Gasteiger charge is 2.33. The van der Waals surface area contributed by atoms with Crippen LogP contribution in [0.25, 0.3) is 0 Å². The summed E-state index contributed by atoms with van der Waals surface area (Å²) in [4.78, 5) is 0.430. The van der Waals surface area contributed by atoms with Gasteiger partial charge in [-0.2, -0.15) is 4.31 Å². The lowest BCUT2D eigenvalue weighted by atomic mass is 9.86. The van der Waals surface area contributed by atoms with Crippen molar-refractivity contribution in [3.63, 3.8) is 0 Å². The molecular formula is C16H26N2O2S. The Hall–Kier alpha value is -0.910. The smallest absolute Gasteiger partial charge is 0.243 e. The van der Waals surface area contributed by atoms with Gasteiger partial charge in [-0.1, -0.05) is 38.0 Å². The summed E-state index contributed by atoms with van der Waals surface area (Å²) in [5.74, 6) is 0.426. The molecule has 1 aromatic rings. The zero-order chi connectivity index (χ0) is 15.5. The zero-order valence-electron chi connectivity index (χ0n) is 13.2. The molecule has 2 atom stereocenters. The molecule has 21 heavy (non-hydrogen) atoms. The van der Waals surface area contributed by atoms with Crippen LogP contribution in [-0.2, 0) is 16.6 Å². The maximum atomic E-state index is 13.0. The van der Waals surface area contributed by atoms with Gasteiger partial charge in [0.1, 0.15) is 0 Å². The standard InChI is InChI=1S/C16H26N2O2S/c1-13-8-4-6-10-15(13)18(3)21(19,20)16-11-7-5-9-14(16)12-17-2/h5,7,9,11,13,15,17H,4,6,8,10,12H2,1-3H3. The average molecular weight is 310 g/mol. The summed E-state index contributed by atoms with van der Waals surface area (Å²) in [5.41, 5.74) is 0.829. The summed E-state index contributed by atoms with van der Waals surface area (Å²) in [5, 5.41) is 3.04. The average Bonchev–Trinajstić information content (AvgIpc) is 2.48. The Labute approximate surface area is 128 Å². The van der Waals surface area contributed by atoms with Gasteiger partial charge in [-0.05, 0) is 37.4 Å². The molecule has 1 N–H and O–H groups in total. The van der Waals surface area contributed by atoms with E-state index in [0.29, 0.717) is 17.4 Å². The van der Waals surface area contributed by atoms with Crippen molar-refractivity contribution in [1.82, 2.24) is 9.62 Å². The van der Waals surface area contributed by atoms with E-state index >= 15 is 0 Å². The third kappa shape index (κ3) is 3.47. The molecule has 0 radical (unpaired) electrons. The van der Waals surface area contributed by atoms with E-state index in [1.54, 1.807) is 23.5 Å². The molecule has 4 nitrogen and oxygen atoms in total. The van der Waals surface area contributed by atoms with Crippen LogP contribution in [0.1, 0.15) is 38.2 Å². The zero-order valence-corrected chi connectivity index (χ0v) is 14.0. The van der Waals surface area contributed by atoms with Crippen molar-refractivity contribution in [3.8, 4) is 0 Å². The summed E-state index contributed by atoms with van der Waals surface area (Å²) < 4.78 is 27.5. The SMILES string of the molecule is CNCc1ccccc1S(=O)(=O)N(C)C1CCCCC1C. The summed E-state index contributed by atoms with van der Waals surface area (Å²) in [6.45, 7) is 2.72. The van der Waals surface area contributed by atoms with E-state index in [4.69, 9.17) is 0 Å². The van der Waals surface area contributed by atoms with Crippen LogP contribution in [0.15, 0.2) is 29.2 Å². The van der Waals surface area contributed by atoms with Gasteiger partial charge in [0, 0.05) is 19.6 Å². The van der Waals surface area contributed by atoms with E-state index in [9.17, 15) is 8.42 Å². The Balaban J connectivity index is 2.32. The van der Waals surface area contributed by atoms with Gasteiger partial charge >= 0.3 is 0 Å². The summed E-state index contributed by atoms with van der Waals surface area (Å²) in [6.07, 6.45) is 4.41. The van der Waals surface area contributed by atoms with E-state index in [1.165, 1.54) is 6.42 Å². The van der Waals surface area contributed by atoms with Crippen LogP contribution in [0.4, 0.5) is 0 Å². The number of rotatable bonds is 5. The van der Waals surface area contributed by atoms with Gasteiger partial charge < -0.3 is 5.32 Å². The van der Waals surface area contributed by atoms with E-state index in [2.05, 4.69) is 12.2 Å². The van der Waals surface area contributed by atoms with Crippen molar-refractivity contribution in [2.45, 2.75) is 50.1 Å². The molecule has 0 spiro atoms. The molecule has 1 aliphatic rings. The first kappa shape index (κ1) is 16.5. The third-order valence-corrected chi connectivity index (χ3v) is 6.51. The van der Waals surface area contributed by atoms with Gasteiger partial charge in [-0.25, -0.2) is 8.42 Å². The number of nitrogens with zero attached hydrogens (tertiary/aromatic N) is 1. The van der Waals surface area contributed by atoms with Crippen LogP contribution in [0, 0.1) is 5.92 Å². The Bertz CT molecular complexity index is 571. The highest BCUT2D eigenvalue weighted by Crippen LogP contribution is 2.31. The molecule has 2 rings (SSSR count). The second-order valence-corrected chi connectivity index (χ2v) is 7.95. The first-order chi connectivity index (χ1) is 9.98. The van der Waals surface area contributed by atoms with E-state index < -0.39 is 10.0 Å². The van der Waals surface area contributed by atoms with Crippen LogP contribution in [0.3, 0.4) is 0 Å². The quantitative estimate of drug-likeness (QED) is 0.909. The van der Waals surface area contributed by atoms with Gasteiger partial charge in [0.05, 0.1) is 4.90 Å². The van der Waals surface area contributed by atoms with Gasteiger partial charge in [0.15, 0.2) is 0 Å². The van der Waals surface area contributed by atoms with Gasteiger partial charge in [0.25, 0.3) is 0 Å². The van der Waals surface area contributed by atoms with Crippen molar-refractivity contribution in [2.75, 3.05) is 14.1 Å². The normalized spacial score (nSPS) is 23.4. The van der Waals surface area contributed by atoms with Crippen LogP contribution in [-0.4, -0.2) is 32.9 Å².